The van der Waals surface area contributed by atoms with E-state index in [2.05, 4.69) is 20.8 Å². The Kier molecular flexibility index (Phi) is 3.41. The first kappa shape index (κ1) is 12.5. The molecule has 0 atom stereocenters. The summed E-state index contributed by atoms with van der Waals surface area (Å²) in [4.78, 5) is 13.0. The van der Waals surface area contributed by atoms with Gasteiger partial charge in [-0.2, -0.15) is 0 Å². The molecular formula is C17H23NO. The Morgan fingerprint density at radius 2 is 1.89 bits per heavy atom. The average molecular weight is 258 g/mol. The van der Waals surface area contributed by atoms with E-state index in [0.29, 0.717) is 6.04 Å². The molecule has 0 spiro atoms. The van der Waals surface area contributed by atoms with E-state index in [9.17, 15) is 4.79 Å². The van der Waals surface area contributed by atoms with Gasteiger partial charge in [-0.1, -0.05) is 39.0 Å². The first-order chi connectivity index (χ1) is 9.50. The molecule has 0 radical (unpaired) electrons. The van der Waals surface area contributed by atoms with Crippen LogP contribution in [-0.4, -0.2) is 10.5 Å². The number of para-hydroxylation sites is 1. The van der Waals surface area contributed by atoms with Gasteiger partial charge in [0.15, 0.2) is 0 Å². The lowest BCUT2D eigenvalue weighted by atomic mass is 9.79. The van der Waals surface area contributed by atoms with Crippen LogP contribution < -0.4 is 0 Å². The molecule has 1 heterocycles. The average Bonchev–Trinajstić information content (AvgIpc) is 2.80. The Bertz CT molecular complexity index is 629. The fourth-order valence-electron chi connectivity index (χ4n) is 2.89. The Morgan fingerprint density at radius 1 is 1.26 bits per heavy atom. The van der Waals surface area contributed by atoms with Gasteiger partial charge < -0.3 is 0 Å². The minimum atomic E-state index is -0.319. The maximum atomic E-state index is 13.0. The summed E-state index contributed by atoms with van der Waals surface area (Å²) >= 11 is 0. The predicted octanol–water partition coefficient (Wildman–Crippen LogP) is 4.81. The largest absolute Gasteiger partial charge is 0.286 e. The van der Waals surface area contributed by atoms with Crippen LogP contribution in [0.2, 0.25) is 0 Å². The van der Waals surface area contributed by atoms with Gasteiger partial charge in [0.1, 0.15) is 0 Å². The maximum absolute atomic E-state index is 13.0. The maximum Gasteiger partial charge on any atom is 0.237 e. The van der Waals surface area contributed by atoms with Gasteiger partial charge in [-0.05, 0) is 37.8 Å². The van der Waals surface area contributed by atoms with Crippen LogP contribution in [-0.2, 0) is 0 Å². The lowest BCUT2D eigenvalue weighted by Gasteiger charge is -2.29. The molecule has 1 aromatic carbocycles. The van der Waals surface area contributed by atoms with E-state index in [0.717, 1.165) is 35.7 Å². The third-order valence-electron chi connectivity index (χ3n) is 4.53. The second-order valence-electron chi connectivity index (χ2n) is 5.26. The van der Waals surface area contributed by atoms with E-state index in [1.54, 1.807) is 10.6 Å². The summed E-state index contributed by atoms with van der Waals surface area (Å²) in [7, 11) is 0. The van der Waals surface area contributed by atoms with Crippen LogP contribution in [0.15, 0.2) is 30.4 Å². The fourth-order valence-corrected chi connectivity index (χ4v) is 2.89. The van der Waals surface area contributed by atoms with Gasteiger partial charge in [-0.25, -0.2) is 0 Å². The van der Waals surface area contributed by atoms with E-state index in [4.69, 9.17) is 1.37 Å². The number of aryl methyl sites for hydroxylation is 1. The van der Waals surface area contributed by atoms with Crippen LogP contribution in [0.1, 0.15) is 51.8 Å². The topological polar surface area (TPSA) is 22.0 Å². The summed E-state index contributed by atoms with van der Waals surface area (Å²) in [5, 5.41) is 1.00. The second kappa shape index (κ2) is 5.20. The van der Waals surface area contributed by atoms with Crippen molar-refractivity contribution in [2.45, 2.75) is 47.0 Å². The Hall–Kier alpha value is -1.57. The number of hydrogen-bond donors (Lipinski definition) is 0. The highest BCUT2D eigenvalue weighted by Gasteiger charge is 2.34. The minimum absolute atomic E-state index is 0.128. The van der Waals surface area contributed by atoms with Crippen molar-refractivity contribution in [1.82, 2.24) is 4.57 Å². The molecule has 0 aliphatic carbocycles. The standard InChI is InChI=1S/C17H23NO/c1-5-17(6-2,7-3)16(19)18-12-13(4)14-10-8-9-11-15(14)18/h8-12H,5-7H2,1-4H3/i11D. The molecule has 2 aromatic rings. The molecule has 0 saturated carbocycles. The van der Waals surface area contributed by atoms with E-state index >= 15 is 0 Å². The van der Waals surface area contributed by atoms with Crippen molar-refractivity contribution >= 4 is 16.8 Å². The Morgan fingerprint density at radius 3 is 2.47 bits per heavy atom. The normalized spacial score (nSPS) is 12.7. The molecule has 0 aliphatic rings. The number of fused-ring (bicyclic) bond motifs is 1. The third kappa shape index (κ3) is 2.09. The van der Waals surface area contributed by atoms with Crippen molar-refractivity contribution < 1.29 is 6.17 Å². The number of benzene rings is 1. The first-order valence-corrected chi connectivity index (χ1v) is 7.12. The van der Waals surface area contributed by atoms with Crippen molar-refractivity contribution in [3.63, 3.8) is 0 Å². The molecule has 19 heavy (non-hydrogen) atoms. The highest BCUT2D eigenvalue weighted by Crippen LogP contribution is 2.34. The summed E-state index contributed by atoms with van der Waals surface area (Å²) in [6.07, 6.45) is 4.38. The number of rotatable bonds is 4. The molecule has 0 unspecified atom stereocenters. The zero-order chi connectivity index (χ0) is 14.9. The Balaban J connectivity index is 2.67. The molecule has 2 nitrogen and oxygen atoms in total. The molecule has 2 heteroatoms. The van der Waals surface area contributed by atoms with Gasteiger partial charge in [-0.3, -0.25) is 9.36 Å². The summed E-state index contributed by atoms with van der Waals surface area (Å²) in [5.74, 6) is 0.128. The SMILES string of the molecule is [2H]c1cccc2c(C)cn(C(=O)C(CC)(CC)CC)c12. The smallest absolute Gasteiger partial charge is 0.237 e. The van der Waals surface area contributed by atoms with Gasteiger partial charge in [0, 0.05) is 17.0 Å². The van der Waals surface area contributed by atoms with Crippen LogP contribution in [0.4, 0.5) is 0 Å². The number of aromatic nitrogens is 1. The number of nitrogens with zero attached hydrogens (tertiary/aromatic N) is 1. The lowest BCUT2D eigenvalue weighted by Crippen LogP contribution is -2.33. The van der Waals surface area contributed by atoms with Crippen LogP contribution in [0.5, 0.6) is 0 Å². The minimum Gasteiger partial charge on any atom is -0.286 e. The fraction of sp³-hybridized carbons (Fsp3) is 0.471. The van der Waals surface area contributed by atoms with Crippen LogP contribution in [0.25, 0.3) is 10.9 Å². The zero-order valence-corrected chi connectivity index (χ0v) is 12.3. The molecule has 0 amide bonds. The molecular weight excluding hydrogens is 234 g/mol. The molecule has 0 N–H and O–H groups in total. The summed E-state index contributed by atoms with van der Waals surface area (Å²) in [5.41, 5.74) is 1.48. The zero-order valence-electron chi connectivity index (χ0n) is 13.3. The predicted molar refractivity (Wildman–Crippen MR) is 80.6 cm³/mol. The van der Waals surface area contributed by atoms with Gasteiger partial charge in [0.05, 0.1) is 6.89 Å². The number of carbonyl (C=O) groups is 1. The van der Waals surface area contributed by atoms with Crippen molar-refractivity contribution in [1.29, 1.82) is 0 Å². The molecule has 0 aliphatic heterocycles. The molecule has 0 saturated heterocycles. The molecule has 102 valence electrons. The second-order valence-corrected chi connectivity index (χ2v) is 5.26. The Labute approximate surface area is 116 Å². The van der Waals surface area contributed by atoms with E-state index < -0.39 is 0 Å². The number of hydrogen-bond acceptors (Lipinski definition) is 1. The van der Waals surface area contributed by atoms with Crippen molar-refractivity contribution in [3.8, 4) is 0 Å². The van der Waals surface area contributed by atoms with Crippen molar-refractivity contribution in [2.75, 3.05) is 0 Å². The first-order valence-electron chi connectivity index (χ1n) is 7.62. The number of carbonyl (C=O) groups excluding carboxylic acids is 1. The quantitative estimate of drug-likeness (QED) is 0.771. The summed E-state index contributed by atoms with van der Waals surface area (Å²) in [6, 6.07) is 6.02. The monoisotopic (exact) mass is 258 g/mol. The van der Waals surface area contributed by atoms with Crippen LogP contribution in [0, 0.1) is 12.3 Å². The molecule has 0 bridgehead atoms. The van der Waals surface area contributed by atoms with Crippen molar-refractivity contribution in [2.24, 2.45) is 5.41 Å². The summed E-state index contributed by atoms with van der Waals surface area (Å²) in [6.45, 7) is 8.22. The van der Waals surface area contributed by atoms with Crippen LogP contribution >= 0.6 is 0 Å². The highest BCUT2D eigenvalue weighted by molar-refractivity contribution is 5.96. The van der Waals surface area contributed by atoms with Crippen LogP contribution in [0.3, 0.4) is 0 Å². The summed E-state index contributed by atoms with van der Waals surface area (Å²) < 4.78 is 9.83. The van der Waals surface area contributed by atoms with E-state index in [-0.39, 0.29) is 11.3 Å². The van der Waals surface area contributed by atoms with E-state index in [1.807, 2.05) is 25.3 Å². The molecule has 0 fully saturated rings. The molecule has 2 rings (SSSR count). The van der Waals surface area contributed by atoms with Crippen molar-refractivity contribution in [3.05, 3.63) is 36.0 Å². The highest BCUT2D eigenvalue weighted by atomic mass is 16.2. The van der Waals surface area contributed by atoms with Gasteiger partial charge in [0.25, 0.3) is 0 Å². The third-order valence-corrected chi connectivity index (χ3v) is 4.53. The lowest BCUT2D eigenvalue weighted by molar-refractivity contribution is 0.0675. The van der Waals surface area contributed by atoms with Gasteiger partial charge in [0.2, 0.25) is 5.91 Å². The van der Waals surface area contributed by atoms with Gasteiger partial charge >= 0.3 is 0 Å². The molecule has 1 aromatic heterocycles. The van der Waals surface area contributed by atoms with Gasteiger partial charge in [-0.15, -0.1) is 0 Å². The van der Waals surface area contributed by atoms with E-state index in [1.165, 1.54) is 0 Å².